The van der Waals surface area contributed by atoms with Gasteiger partial charge >= 0.3 is 5.97 Å². The number of aromatic nitrogens is 3. The SMILES string of the molecule is CCc1ccc2c(c1)sc1nnc(C(=O)O)n12. The molecule has 0 unspecified atom stereocenters. The minimum absolute atomic E-state index is 0.0319. The van der Waals surface area contributed by atoms with Crippen LogP contribution in [0.3, 0.4) is 0 Å². The Kier molecular flexibility index (Phi) is 2.12. The minimum Gasteiger partial charge on any atom is -0.475 e. The molecule has 86 valence electrons. The molecule has 0 aliphatic carbocycles. The fourth-order valence-corrected chi connectivity index (χ4v) is 2.86. The van der Waals surface area contributed by atoms with Crippen LogP contribution in [0, 0.1) is 0 Å². The molecule has 0 radical (unpaired) electrons. The highest BCUT2D eigenvalue weighted by atomic mass is 32.1. The van der Waals surface area contributed by atoms with Crippen LogP contribution in [0.2, 0.25) is 0 Å². The van der Waals surface area contributed by atoms with Crippen molar-refractivity contribution < 1.29 is 9.90 Å². The van der Waals surface area contributed by atoms with Crippen LogP contribution < -0.4 is 0 Å². The van der Waals surface area contributed by atoms with Gasteiger partial charge in [0.2, 0.25) is 10.8 Å². The molecular formula is C11H9N3O2S. The van der Waals surface area contributed by atoms with Gasteiger partial charge in [-0.3, -0.25) is 4.40 Å². The number of aromatic carboxylic acids is 1. The third kappa shape index (κ3) is 1.41. The Morgan fingerprint density at radius 1 is 1.47 bits per heavy atom. The molecule has 0 saturated heterocycles. The summed E-state index contributed by atoms with van der Waals surface area (Å²) in [4.78, 5) is 11.6. The Labute approximate surface area is 100 Å². The number of carbonyl (C=O) groups is 1. The Morgan fingerprint density at radius 2 is 2.29 bits per heavy atom. The fourth-order valence-electron chi connectivity index (χ4n) is 1.84. The lowest BCUT2D eigenvalue weighted by atomic mass is 10.2. The first-order valence-corrected chi connectivity index (χ1v) is 6.02. The number of nitrogens with zero attached hydrogens (tertiary/aromatic N) is 3. The zero-order chi connectivity index (χ0) is 12.0. The molecule has 0 saturated carbocycles. The molecule has 0 bridgehead atoms. The molecule has 17 heavy (non-hydrogen) atoms. The summed E-state index contributed by atoms with van der Waals surface area (Å²) in [5.41, 5.74) is 2.08. The zero-order valence-corrected chi connectivity index (χ0v) is 9.86. The van der Waals surface area contributed by atoms with Crippen molar-refractivity contribution in [1.29, 1.82) is 0 Å². The number of fused-ring (bicyclic) bond motifs is 3. The van der Waals surface area contributed by atoms with Gasteiger partial charge in [-0.05, 0) is 24.1 Å². The van der Waals surface area contributed by atoms with Gasteiger partial charge < -0.3 is 5.11 Å². The lowest BCUT2D eigenvalue weighted by molar-refractivity contribution is 0.0682. The van der Waals surface area contributed by atoms with Crippen molar-refractivity contribution in [3.05, 3.63) is 29.6 Å². The molecule has 3 rings (SSSR count). The lowest BCUT2D eigenvalue weighted by Gasteiger charge is -1.97. The predicted molar refractivity (Wildman–Crippen MR) is 64.7 cm³/mol. The average Bonchev–Trinajstić information content (AvgIpc) is 2.85. The summed E-state index contributed by atoms with van der Waals surface area (Å²) in [5, 5.41) is 16.6. The van der Waals surface area contributed by atoms with E-state index in [1.165, 1.54) is 16.9 Å². The molecule has 6 heteroatoms. The van der Waals surface area contributed by atoms with E-state index in [0.717, 1.165) is 16.6 Å². The van der Waals surface area contributed by atoms with Gasteiger partial charge in [-0.25, -0.2) is 4.79 Å². The van der Waals surface area contributed by atoms with E-state index in [0.29, 0.717) is 4.96 Å². The van der Waals surface area contributed by atoms with Crippen molar-refractivity contribution >= 4 is 32.5 Å². The van der Waals surface area contributed by atoms with Crippen LogP contribution in [-0.2, 0) is 6.42 Å². The van der Waals surface area contributed by atoms with E-state index in [4.69, 9.17) is 5.11 Å². The van der Waals surface area contributed by atoms with Gasteiger partial charge in [-0.1, -0.05) is 24.3 Å². The molecule has 0 amide bonds. The number of hydrogen-bond donors (Lipinski definition) is 1. The van der Waals surface area contributed by atoms with Gasteiger partial charge in [0.05, 0.1) is 10.2 Å². The van der Waals surface area contributed by atoms with Crippen LogP contribution in [0.5, 0.6) is 0 Å². The Bertz CT molecular complexity index is 729. The summed E-state index contributed by atoms with van der Waals surface area (Å²) in [6, 6.07) is 5.99. The van der Waals surface area contributed by atoms with E-state index < -0.39 is 5.97 Å². The van der Waals surface area contributed by atoms with Crippen LogP contribution >= 0.6 is 11.3 Å². The number of benzene rings is 1. The summed E-state index contributed by atoms with van der Waals surface area (Å²) in [6.07, 6.45) is 0.959. The molecule has 2 heterocycles. The van der Waals surface area contributed by atoms with Crippen molar-refractivity contribution in [2.45, 2.75) is 13.3 Å². The van der Waals surface area contributed by atoms with Gasteiger partial charge in [0.1, 0.15) is 0 Å². The number of hydrogen-bond acceptors (Lipinski definition) is 4. The standard InChI is InChI=1S/C11H9N3O2S/c1-2-6-3-4-7-8(5-6)17-11-13-12-9(10(15)16)14(7)11/h3-5H,2H2,1H3,(H,15,16). The quantitative estimate of drug-likeness (QED) is 0.753. The highest BCUT2D eigenvalue weighted by molar-refractivity contribution is 7.23. The van der Waals surface area contributed by atoms with E-state index in [9.17, 15) is 4.79 Å². The third-order valence-electron chi connectivity index (χ3n) is 2.70. The van der Waals surface area contributed by atoms with Crippen LogP contribution in [0.1, 0.15) is 23.1 Å². The second kappa shape index (κ2) is 3.53. The molecule has 0 atom stereocenters. The maximum Gasteiger partial charge on any atom is 0.374 e. The maximum absolute atomic E-state index is 11.0. The molecule has 0 spiro atoms. The summed E-state index contributed by atoms with van der Waals surface area (Å²) in [5.74, 6) is -1.09. The Hall–Kier alpha value is -1.95. The maximum atomic E-state index is 11.0. The number of rotatable bonds is 2. The fraction of sp³-hybridized carbons (Fsp3) is 0.182. The molecule has 0 aliphatic heterocycles. The van der Waals surface area contributed by atoms with Crippen LogP contribution in [-0.4, -0.2) is 25.7 Å². The molecule has 3 aromatic rings. The van der Waals surface area contributed by atoms with E-state index >= 15 is 0 Å². The summed E-state index contributed by atoms with van der Waals surface area (Å²) >= 11 is 1.46. The van der Waals surface area contributed by atoms with E-state index in [1.807, 2.05) is 12.1 Å². The highest BCUT2D eigenvalue weighted by Crippen LogP contribution is 2.27. The monoisotopic (exact) mass is 247 g/mol. The first-order valence-electron chi connectivity index (χ1n) is 5.20. The molecule has 2 aromatic heterocycles. The number of carboxylic acids is 1. The first kappa shape index (κ1) is 10.2. The molecule has 1 aromatic carbocycles. The second-order valence-corrected chi connectivity index (χ2v) is 4.71. The van der Waals surface area contributed by atoms with E-state index in [2.05, 4.69) is 23.2 Å². The van der Waals surface area contributed by atoms with Crippen molar-refractivity contribution in [2.75, 3.05) is 0 Å². The van der Waals surface area contributed by atoms with Gasteiger partial charge in [0.25, 0.3) is 0 Å². The van der Waals surface area contributed by atoms with E-state index in [-0.39, 0.29) is 5.82 Å². The van der Waals surface area contributed by atoms with Crippen LogP contribution in [0.4, 0.5) is 0 Å². The topological polar surface area (TPSA) is 67.5 Å². The Morgan fingerprint density at radius 3 is 3.00 bits per heavy atom. The first-order chi connectivity index (χ1) is 8.20. The number of aryl methyl sites for hydroxylation is 1. The Balaban J connectivity index is 2.40. The molecule has 5 nitrogen and oxygen atoms in total. The second-order valence-electron chi connectivity index (χ2n) is 3.70. The number of carboxylic acid groups (broad SMARTS) is 1. The predicted octanol–water partition coefficient (Wildman–Crippen LogP) is 2.20. The average molecular weight is 247 g/mol. The van der Waals surface area contributed by atoms with Gasteiger partial charge in [-0.15, -0.1) is 10.2 Å². The van der Waals surface area contributed by atoms with E-state index in [1.54, 1.807) is 4.40 Å². The number of thiazole rings is 1. The minimum atomic E-state index is -1.06. The van der Waals surface area contributed by atoms with Crippen LogP contribution in [0.15, 0.2) is 18.2 Å². The van der Waals surface area contributed by atoms with Crippen LogP contribution in [0.25, 0.3) is 15.2 Å². The van der Waals surface area contributed by atoms with Crippen molar-refractivity contribution in [2.24, 2.45) is 0 Å². The molecule has 0 aliphatic rings. The summed E-state index contributed by atoms with van der Waals surface area (Å²) < 4.78 is 2.62. The molecule has 0 fully saturated rings. The summed E-state index contributed by atoms with van der Waals surface area (Å²) in [6.45, 7) is 2.09. The summed E-state index contributed by atoms with van der Waals surface area (Å²) in [7, 11) is 0. The van der Waals surface area contributed by atoms with Crippen molar-refractivity contribution in [3.8, 4) is 0 Å². The molecular weight excluding hydrogens is 238 g/mol. The van der Waals surface area contributed by atoms with Gasteiger partial charge in [0.15, 0.2) is 0 Å². The normalized spacial score (nSPS) is 11.4. The van der Waals surface area contributed by atoms with Gasteiger partial charge in [-0.2, -0.15) is 0 Å². The van der Waals surface area contributed by atoms with Crippen molar-refractivity contribution in [1.82, 2.24) is 14.6 Å². The largest absolute Gasteiger partial charge is 0.475 e. The lowest BCUT2D eigenvalue weighted by Crippen LogP contribution is -2.02. The molecule has 1 N–H and O–H groups in total. The zero-order valence-electron chi connectivity index (χ0n) is 9.04. The smallest absolute Gasteiger partial charge is 0.374 e. The highest BCUT2D eigenvalue weighted by Gasteiger charge is 2.17. The third-order valence-corrected chi connectivity index (χ3v) is 3.69. The van der Waals surface area contributed by atoms with Crippen molar-refractivity contribution in [3.63, 3.8) is 0 Å². The van der Waals surface area contributed by atoms with Gasteiger partial charge in [0, 0.05) is 0 Å².